The highest BCUT2D eigenvalue weighted by Gasteiger charge is 2.30. The summed E-state index contributed by atoms with van der Waals surface area (Å²) in [7, 11) is -2.17. The quantitative estimate of drug-likeness (QED) is 0.391. The summed E-state index contributed by atoms with van der Waals surface area (Å²) >= 11 is 5.80. The molecule has 1 atom stereocenters. The van der Waals surface area contributed by atoms with E-state index < -0.39 is 15.8 Å². The van der Waals surface area contributed by atoms with Crippen molar-refractivity contribution in [1.29, 1.82) is 5.26 Å². The number of benzene rings is 3. The van der Waals surface area contributed by atoms with Gasteiger partial charge in [-0.05, 0) is 53.6 Å². The zero-order chi connectivity index (χ0) is 26.4. The van der Waals surface area contributed by atoms with Gasteiger partial charge in [-0.1, -0.05) is 35.9 Å². The molecule has 10 heteroatoms. The van der Waals surface area contributed by atoms with Crippen molar-refractivity contribution in [3.05, 3.63) is 94.3 Å². The zero-order valence-corrected chi connectivity index (χ0v) is 21.9. The molecule has 1 aliphatic heterocycles. The molecule has 0 bridgehead atoms. The van der Waals surface area contributed by atoms with Gasteiger partial charge in [0.1, 0.15) is 11.6 Å². The smallest absolute Gasteiger partial charge is 0.243 e. The van der Waals surface area contributed by atoms with Crippen molar-refractivity contribution < 1.29 is 22.3 Å². The molecule has 0 aromatic heterocycles. The molecule has 1 fully saturated rings. The Morgan fingerprint density at radius 1 is 1.05 bits per heavy atom. The van der Waals surface area contributed by atoms with E-state index in [-0.39, 0.29) is 29.1 Å². The number of nitrogens with zero attached hydrogens (tertiary/aromatic N) is 3. The Morgan fingerprint density at radius 3 is 2.43 bits per heavy atom. The molecule has 3 aromatic rings. The van der Waals surface area contributed by atoms with Gasteiger partial charge in [0.2, 0.25) is 10.0 Å². The second-order valence-electron chi connectivity index (χ2n) is 8.67. The van der Waals surface area contributed by atoms with Crippen molar-refractivity contribution in [2.75, 3.05) is 39.8 Å². The predicted octanol–water partition coefficient (Wildman–Crippen LogP) is 4.62. The number of rotatable bonds is 9. The van der Waals surface area contributed by atoms with E-state index in [0.717, 1.165) is 29.0 Å². The van der Waals surface area contributed by atoms with E-state index in [1.165, 1.54) is 10.4 Å². The van der Waals surface area contributed by atoms with Gasteiger partial charge < -0.3 is 9.47 Å². The second-order valence-corrected chi connectivity index (χ2v) is 11.0. The fourth-order valence-corrected chi connectivity index (χ4v) is 5.84. The highest BCUT2D eigenvalue weighted by atomic mass is 35.5. The Kier molecular flexibility index (Phi) is 8.79. The van der Waals surface area contributed by atoms with Gasteiger partial charge in [0.25, 0.3) is 0 Å². The summed E-state index contributed by atoms with van der Waals surface area (Å²) in [5.74, 6) is 0.0633. The lowest BCUT2D eigenvalue weighted by atomic mass is 10.1. The first kappa shape index (κ1) is 27.0. The van der Waals surface area contributed by atoms with Crippen molar-refractivity contribution in [1.82, 2.24) is 9.21 Å². The third kappa shape index (κ3) is 6.66. The first-order chi connectivity index (χ1) is 17.8. The Labute approximate surface area is 221 Å². The molecule has 0 N–H and O–H groups in total. The van der Waals surface area contributed by atoms with Crippen LogP contribution in [0.5, 0.6) is 5.75 Å². The largest absolute Gasteiger partial charge is 0.497 e. The highest BCUT2D eigenvalue weighted by Crippen LogP contribution is 2.27. The number of ether oxygens (including phenoxy) is 2. The zero-order valence-electron chi connectivity index (χ0n) is 20.3. The molecule has 0 amide bonds. The highest BCUT2D eigenvalue weighted by molar-refractivity contribution is 7.89. The second kappa shape index (κ2) is 12.0. The minimum Gasteiger partial charge on any atom is -0.497 e. The van der Waals surface area contributed by atoms with Crippen LogP contribution < -0.4 is 4.74 Å². The van der Waals surface area contributed by atoms with Gasteiger partial charge in [0.05, 0.1) is 41.4 Å². The van der Waals surface area contributed by atoms with Gasteiger partial charge in [-0.3, -0.25) is 4.90 Å². The Morgan fingerprint density at radius 2 is 1.78 bits per heavy atom. The minimum atomic E-state index is -3.78. The topological polar surface area (TPSA) is 82.9 Å². The maximum absolute atomic E-state index is 13.5. The van der Waals surface area contributed by atoms with E-state index in [4.69, 9.17) is 26.3 Å². The molecule has 194 valence electrons. The first-order valence-corrected chi connectivity index (χ1v) is 13.5. The van der Waals surface area contributed by atoms with Crippen LogP contribution in [0.15, 0.2) is 71.6 Å². The van der Waals surface area contributed by atoms with E-state index in [0.29, 0.717) is 31.8 Å². The summed E-state index contributed by atoms with van der Waals surface area (Å²) in [5, 5.41) is 8.80. The molecule has 1 saturated heterocycles. The Hall–Kier alpha value is -3.00. The van der Waals surface area contributed by atoms with Crippen molar-refractivity contribution in [3.8, 4) is 11.8 Å². The summed E-state index contributed by atoms with van der Waals surface area (Å²) in [6.45, 7) is 2.51. The van der Waals surface area contributed by atoms with Crippen LogP contribution in [0.2, 0.25) is 5.02 Å². The molecule has 0 aliphatic carbocycles. The van der Waals surface area contributed by atoms with Gasteiger partial charge in [-0.2, -0.15) is 9.57 Å². The van der Waals surface area contributed by atoms with E-state index in [1.54, 1.807) is 19.2 Å². The van der Waals surface area contributed by atoms with Gasteiger partial charge >= 0.3 is 0 Å². The number of hydrogen-bond donors (Lipinski definition) is 0. The van der Waals surface area contributed by atoms with Crippen LogP contribution >= 0.6 is 11.6 Å². The van der Waals surface area contributed by atoms with Crippen LogP contribution in [0.4, 0.5) is 4.39 Å². The van der Waals surface area contributed by atoms with Crippen LogP contribution in [0.1, 0.15) is 22.8 Å². The van der Waals surface area contributed by atoms with Gasteiger partial charge in [0, 0.05) is 32.7 Å². The summed E-state index contributed by atoms with van der Waals surface area (Å²) in [6, 6.07) is 20.5. The van der Waals surface area contributed by atoms with Crippen molar-refractivity contribution in [2.45, 2.75) is 17.6 Å². The number of sulfonamides is 1. The summed E-state index contributed by atoms with van der Waals surface area (Å²) in [4.78, 5) is 2.14. The van der Waals surface area contributed by atoms with Gasteiger partial charge in [-0.25, -0.2) is 12.8 Å². The molecule has 0 radical (unpaired) electrons. The third-order valence-electron chi connectivity index (χ3n) is 6.28. The molecule has 7 nitrogen and oxygen atoms in total. The average molecular weight is 544 g/mol. The number of hydrogen-bond acceptors (Lipinski definition) is 6. The van der Waals surface area contributed by atoms with Crippen LogP contribution in [0.25, 0.3) is 0 Å². The van der Waals surface area contributed by atoms with Crippen LogP contribution in [0.3, 0.4) is 0 Å². The van der Waals surface area contributed by atoms with Gasteiger partial charge in [0.15, 0.2) is 0 Å². The van der Waals surface area contributed by atoms with Crippen molar-refractivity contribution in [2.24, 2.45) is 0 Å². The molecular weight excluding hydrogens is 517 g/mol. The fraction of sp³-hybridized carbons (Fsp3) is 0.296. The Balaban J connectivity index is 1.44. The summed E-state index contributed by atoms with van der Waals surface area (Å²) in [5.41, 5.74) is 2.48. The number of nitriles is 1. The number of methoxy groups -OCH3 is 1. The standard InChI is InChI=1S/C27H27ClFN3O4S/c1-35-23-4-2-3-22(15-23)27(36-19-21-7-5-20(17-30)6-8-21)18-31-11-13-32(14-12-31)37(33,34)24-9-10-26(29)25(28)16-24/h2-10,15-16,27H,11-14,18-19H2,1H3/t27-/m1/s1. The molecule has 0 spiro atoms. The van der Waals surface area contributed by atoms with Crippen LogP contribution in [-0.2, 0) is 21.4 Å². The maximum atomic E-state index is 13.5. The lowest BCUT2D eigenvalue weighted by molar-refractivity contribution is 0.00763. The van der Waals surface area contributed by atoms with E-state index in [1.807, 2.05) is 36.4 Å². The predicted molar refractivity (Wildman–Crippen MR) is 138 cm³/mol. The van der Waals surface area contributed by atoms with E-state index >= 15 is 0 Å². The monoisotopic (exact) mass is 543 g/mol. The van der Waals surface area contributed by atoms with E-state index in [9.17, 15) is 12.8 Å². The molecule has 3 aromatic carbocycles. The Bertz CT molecular complexity index is 1370. The average Bonchev–Trinajstić information content (AvgIpc) is 2.93. The number of piperazine rings is 1. The number of halogens is 2. The normalized spacial score (nSPS) is 15.7. The third-order valence-corrected chi connectivity index (χ3v) is 8.47. The summed E-state index contributed by atoms with van der Waals surface area (Å²) < 4.78 is 52.7. The molecule has 0 unspecified atom stereocenters. The fourth-order valence-electron chi connectivity index (χ4n) is 4.14. The SMILES string of the molecule is COc1cccc([C@@H](CN2CCN(S(=O)(=O)c3ccc(F)c(Cl)c3)CC2)OCc2ccc(C#N)cc2)c1. The maximum Gasteiger partial charge on any atom is 0.243 e. The molecular formula is C27H27ClFN3O4S. The lowest BCUT2D eigenvalue weighted by Gasteiger charge is -2.36. The summed E-state index contributed by atoms with van der Waals surface area (Å²) in [6.07, 6.45) is -0.287. The van der Waals surface area contributed by atoms with Crippen LogP contribution in [-0.4, -0.2) is 57.5 Å². The molecule has 1 aliphatic rings. The molecule has 37 heavy (non-hydrogen) atoms. The molecule has 0 saturated carbocycles. The lowest BCUT2D eigenvalue weighted by Crippen LogP contribution is -2.49. The molecule has 1 heterocycles. The van der Waals surface area contributed by atoms with E-state index in [2.05, 4.69) is 11.0 Å². The van der Waals surface area contributed by atoms with Crippen molar-refractivity contribution >= 4 is 21.6 Å². The van der Waals surface area contributed by atoms with Gasteiger partial charge in [-0.15, -0.1) is 0 Å². The minimum absolute atomic E-state index is 0.0210. The van der Waals surface area contributed by atoms with Crippen molar-refractivity contribution in [3.63, 3.8) is 0 Å². The first-order valence-electron chi connectivity index (χ1n) is 11.7. The molecule has 4 rings (SSSR count). The van der Waals surface area contributed by atoms with Crippen LogP contribution in [0, 0.1) is 17.1 Å².